The molecule has 0 aliphatic heterocycles. The van der Waals surface area contributed by atoms with Crippen LogP contribution in [0.2, 0.25) is 5.02 Å². The van der Waals surface area contributed by atoms with Crippen LogP contribution >= 0.6 is 27.5 Å². The predicted molar refractivity (Wildman–Crippen MR) is 76.2 cm³/mol. The molecule has 0 aliphatic carbocycles. The van der Waals surface area contributed by atoms with E-state index in [9.17, 15) is 0 Å². The minimum absolute atomic E-state index is 0.0713. The molecule has 0 spiro atoms. The van der Waals surface area contributed by atoms with E-state index in [1.165, 1.54) is 5.56 Å². The third-order valence-electron chi connectivity index (χ3n) is 2.65. The Kier molecular flexibility index (Phi) is 4.21. The third-order valence-corrected chi connectivity index (χ3v) is 3.49. The molecule has 17 heavy (non-hydrogen) atoms. The Bertz CT molecular complexity index is 513. The molecule has 3 heteroatoms. The van der Waals surface area contributed by atoms with Crippen molar-refractivity contribution in [2.24, 2.45) is 5.73 Å². The van der Waals surface area contributed by atoms with E-state index in [2.05, 4.69) is 28.1 Å². The van der Waals surface area contributed by atoms with E-state index < -0.39 is 0 Å². The largest absolute Gasteiger partial charge is 0.324 e. The molecule has 0 saturated carbocycles. The minimum Gasteiger partial charge on any atom is -0.324 e. The first-order valence-electron chi connectivity index (χ1n) is 5.41. The average molecular weight is 311 g/mol. The molecule has 0 fully saturated rings. The van der Waals surface area contributed by atoms with Crippen molar-refractivity contribution in [2.75, 3.05) is 0 Å². The van der Waals surface area contributed by atoms with Gasteiger partial charge in [-0.2, -0.15) is 0 Å². The van der Waals surface area contributed by atoms with E-state index in [-0.39, 0.29) is 6.04 Å². The Morgan fingerprint density at radius 1 is 1.12 bits per heavy atom. The number of hydrogen-bond donors (Lipinski definition) is 1. The minimum atomic E-state index is -0.0713. The molecule has 1 nitrogen and oxygen atoms in total. The van der Waals surface area contributed by atoms with Crippen molar-refractivity contribution in [3.05, 3.63) is 69.2 Å². The van der Waals surface area contributed by atoms with Crippen molar-refractivity contribution in [2.45, 2.75) is 12.5 Å². The highest BCUT2D eigenvalue weighted by molar-refractivity contribution is 9.10. The van der Waals surface area contributed by atoms with Crippen LogP contribution in [0.3, 0.4) is 0 Å². The van der Waals surface area contributed by atoms with E-state index >= 15 is 0 Å². The normalized spacial score (nSPS) is 12.4. The maximum absolute atomic E-state index is 6.18. The van der Waals surface area contributed by atoms with Crippen molar-refractivity contribution >= 4 is 27.5 Å². The maximum atomic E-state index is 6.18. The quantitative estimate of drug-likeness (QED) is 0.896. The number of benzene rings is 2. The zero-order valence-corrected chi connectivity index (χ0v) is 11.6. The van der Waals surface area contributed by atoms with Crippen LogP contribution in [0.25, 0.3) is 0 Å². The van der Waals surface area contributed by atoms with Crippen molar-refractivity contribution in [3.63, 3.8) is 0 Å². The van der Waals surface area contributed by atoms with Crippen molar-refractivity contribution < 1.29 is 0 Å². The first kappa shape index (κ1) is 12.6. The number of rotatable bonds is 3. The van der Waals surface area contributed by atoms with Gasteiger partial charge in [0.2, 0.25) is 0 Å². The zero-order valence-electron chi connectivity index (χ0n) is 9.24. The lowest BCUT2D eigenvalue weighted by atomic mass is 10.00. The Hall–Kier alpha value is -0.830. The summed E-state index contributed by atoms with van der Waals surface area (Å²) in [5.41, 5.74) is 8.37. The van der Waals surface area contributed by atoms with Gasteiger partial charge in [0, 0.05) is 15.5 Å². The summed E-state index contributed by atoms with van der Waals surface area (Å²) in [4.78, 5) is 0. The van der Waals surface area contributed by atoms with E-state index in [1.807, 2.05) is 36.4 Å². The second kappa shape index (κ2) is 5.67. The van der Waals surface area contributed by atoms with Crippen LogP contribution in [0.5, 0.6) is 0 Å². The van der Waals surface area contributed by atoms with E-state index in [0.717, 1.165) is 21.5 Å². The van der Waals surface area contributed by atoms with Gasteiger partial charge >= 0.3 is 0 Å². The zero-order chi connectivity index (χ0) is 12.3. The van der Waals surface area contributed by atoms with Gasteiger partial charge in [0.05, 0.1) is 0 Å². The smallest absolute Gasteiger partial charge is 0.0453 e. The predicted octanol–water partition coefficient (Wildman–Crippen LogP) is 4.35. The first-order chi connectivity index (χ1) is 8.16. The second-order valence-corrected chi connectivity index (χ2v) is 5.28. The van der Waals surface area contributed by atoms with E-state index in [1.54, 1.807) is 0 Å². The van der Waals surface area contributed by atoms with Crippen molar-refractivity contribution in [1.29, 1.82) is 0 Å². The van der Waals surface area contributed by atoms with Crippen molar-refractivity contribution in [3.8, 4) is 0 Å². The van der Waals surface area contributed by atoms with Gasteiger partial charge in [0.15, 0.2) is 0 Å². The molecule has 88 valence electrons. The molecular weight excluding hydrogens is 298 g/mol. The standard InChI is InChI=1S/C14H13BrClN/c15-11-5-3-4-10(8-11)9-14(17)12-6-1-2-7-13(12)16/h1-8,14H,9,17H2. The average Bonchev–Trinajstić information content (AvgIpc) is 2.29. The van der Waals surface area contributed by atoms with Crippen molar-refractivity contribution in [1.82, 2.24) is 0 Å². The lowest BCUT2D eigenvalue weighted by molar-refractivity contribution is 0.722. The number of halogens is 2. The van der Waals surface area contributed by atoms with Gasteiger partial charge in [-0.3, -0.25) is 0 Å². The molecule has 0 aliphatic rings. The molecule has 1 unspecified atom stereocenters. The molecular formula is C14H13BrClN. The molecule has 0 saturated heterocycles. The van der Waals surface area contributed by atoms with Crippen LogP contribution in [0.1, 0.15) is 17.2 Å². The Labute approximate surface area is 115 Å². The summed E-state index contributed by atoms with van der Waals surface area (Å²) in [6.45, 7) is 0. The van der Waals surface area contributed by atoms with Crippen LogP contribution in [-0.4, -0.2) is 0 Å². The fraction of sp³-hybridized carbons (Fsp3) is 0.143. The van der Waals surface area contributed by atoms with Crippen LogP contribution in [-0.2, 0) is 6.42 Å². The number of hydrogen-bond acceptors (Lipinski definition) is 1. The summed E-state index contributed by atoms with van der Waals surface area (Å²) in [5.74, 6) is 0. The summed E-state index contributed by atoms with van der Waals surface area (Å²) < 4.78 is 1.07. The summed E-state index contributed by atoms with van der Waals surface area (Å²) in [6, 6.07) is 15.8. The van der Waals surface area contributed by atoms with E-state index in [0.29, 0.717) is 0 Å². The fourth-order valence-corrected chi connectivity index (χ4v) is 2.53. The molecule has 0 radical (unpaired) electrons. The highest BCUT2D eigenvalue weighted by atomic mass is 79.9. The Morgan fingerprint density at radius 2 is 1.88 bits per heavy atom. The molecule has 2 rings (SSSR count). The topological polar surface area (TPSA) is 26.0 Å². The van der Waals surface area contributed by atoms with Gasteiger partial charge in [-0.15, -0.1) is 0 Å². The van der Waals surface area contributed by atoms with Gasteiger partial charge in [-0.25, -0.2) is 0 Å². The third kappa shape index (κ3) is 3.32. The second-order valence-electron chi connectivity index (χ2n) is 3.96. The highest BCUT2D eigenvalue weighted by Crippen LogP contribution is 2.24. The van der Waals surface area contributed by atoms with Crippen LogP contribution < -0.4 is 5.73 Å². The highest BCUT2D eigenvalue weighted by Gasteiger charge is 2.10. The maximum Gasteiger partial charge on any atom is 0.0453 e. The molecule has 2 aromatic rings. The van der Waals surface area contributed by atoms with Crippen LogP contribution in [0, 0.1) is 0 Å². The van der Waals surface area contributed by atoms with E-state index in [4.69, 9.17) is 17.3 Å². The summed E-state index contributed by atoms with van der Waals surface area (Å²) in [6.07, 6.45) is 0.781. The SMILES string of the molecule is NC(Cc1cccc(Br)c1)c1ccccc1Cl. The molecule has 0 amide bonds. The van der Waals surface area contributed by atoms with Crippen LogP contribution in [0.4, 0.5) is 0 Å². The van der Waals surface area contributed by atoms with Gasteiger partial charge in [-0.1, -0.05) is 57.9 Å². The van der Waals surface area contributed by atoms with Gasteiger partial charge in [0.1, 0.15) is 0 Å². The van der Waals surface area contributed by atoms with Gasteiger partial charge in [0.25, 0.3) is 0 Å². The monoisotopic (exact) mass is 309 g/mol. The summed E-state index contributed by atoms with van der Waals surface area (Å²) >= 11 is 9.58. The Morgan fingerprint density at radius 3 is 2.59 bits per heavy atom. The molecule has 1 atom stereocenters. The number of nitrogens with two attached hydrogens (primary N) is 1. The molecule has 2 aromatic carbocycles. The lowest BCUT2D eigenvalue weighted by Gasteiger charge is -2.13. The summed E-state index contributed by atoms with van der Waals surface area (Å²) in [5, 5.41) is 0.731. The first-order valence-corrected chi connectivity index (χ1v) is 6.58. The van der Waals surface area contributed by atoms with Gasteiger partial charge < -0.3 is 5.73 Å². The fourth-order valence-electron chi connectivity index (χ4n) is 1.80. The lowest BCUT2D eigenvalue weighted by Crippen LogP contribution is -2.13. The summed E-state index contributed by atoms with van der Waals surface area (Å²) in [7, 11) is 0. The molecule has 0 heterocycles. The molecule has 2 N–H and O–H groups in total. The van der Waals surface area contributed by atoms with Gasteiger partial charge in [-0.05, 0) is 35.7 Å². The van der Waals surface area contributed by atoms with Crippen LogP contribution in [0.15, 0.2) is 53.0 Å². The molecule has 0 aromatic heterocycles. The Balaban J connectivity index is 2.17. The molecule has 0 bridgehead atoms.